The molecule has 668 valence electrons. The van der Waals surface area contributed by atoms with Crippen LogP contribution in [0, 0.1) is 31.5 Å². The second-order valence-corrected chi connectivity index (χ2v) is 36.0. The molecule has 4 fully saturated rings. The predicted molar refractivity (Wildman–Crippen MR) is 511 cm³/mol. The fraction of sp³-hybridized carbons (Fsp3) is 0.359. The molecule has 0 radical (unpaired) electrons. The summed E-state index contributed by atoms with van der Waals surface area (Å²) < 4.78 is 32.8. The normalized spacial score (nSPS) is 15.5. The maximum Gasteiger partial charge on any atom is 0.275 e. The molecule has 0 aliphatic carbocycles. The van der Waals surface area contributed by atoms with E-state index in [1.54, 1.807) is 41.0 Å². The molecule has 0 N–H and O–H groups in total. The summed E-state index contributed by atoms with van der Waals surface area (Å²) >= 11 is 3.50. The lowest BCUT2D eigenvalue weighted by Crippen LogP contribution is -2.42. The standard InChI is InChI=1S/C22H27N3O2.C22H20N2O2.C20H22BrN3O2.C20H22FN3O2.C19H21N3O2/c1-16-13-17(2)15-23(14-16)21(26)10-6-12-25-19-8-4-3-7-18(19)24-11-5-9-20(24)22(25)27;1-16-8-10-17(11-9-16)15-18(25)12-14-24-20-6-3-2-5-19(20)23-13-4-7-21(23)22(24)26;2*21-15-8-9-16-18(14-15)24(20(26)17-6-4-12-23(16)17)13-5-7-19(25)22-10-2-1-3-11-22;1-14-7-8-15-17(12-14)22(19(24)16-6-5-11-21(15)16)13-18(23)20-9-3-2-4-10-20/h3-5,7-9,11,16-17H,6,10,12-15H2,1-2H3;2-11,13H,12,14-15H2,1H3;2*4,6,8-9,12,14H,1-3,5,7,10-11,13H2;5-8,11-12H,2-4,9-10,13H2,1H3. The largest absolute Gasteiger partial charge is 0.343 e. The van der Waals surface area contributed by atoms with Crippen molar-refractivity contribution in [1.29, 1.82) is 0 Å². The molecule has 129 heavy (non-hydrogen) atoms. The number of fused-ring (bicyclic) bond motifs is 15. The number of likely N-dealkylation sites (tertiary alicyclic amines) is 4. The Labute approximate surface area is 754 Å². The first-order valence-corrected chi connectivity index (χ1v) is 46.5. The van der Waals surface area contributed by atoms with E-state index < -0.39 is 0 Å². The fourth-order valence-corrected chi connectivity index (χ4v) is 19.6. The van der Waals surface area contributed by atoms with Crippen molar-refractivity contribution < 1.29 is 28.4 Å². The van der Waals surface area contributed by atoms with Gasteiger partial charge in [-0.15, -0.1) is 0 Å². The molecule has 24 nitrogen and oxygen atoms in total. The highest BCUT2D eigenvalue weighted by molar-refractivity contribution is 9.10. The Kier molecular flexibility index (Phi) is 28.1. The third kappa shape index (κ3) is 20.0. The number of aromatic nitrogens is 10. The van der Waals surface area contributed by atoms with Gasteiger partial charge in [-0.3, -0.25) is 52.5 Å². The van der Waals surface area contributed by atoms with Crippen LogP contribution in [0.1, 0.15) is 140 Å². The molecule has 4 aliphatic heterocycles. The maximum atomic E-state index is 13.8. The van der Waals surface area contributed by atoms with E-state index in [-0.39, 0.29) is 69.6 Å². The fourth-order valence-electron chi connectivity index (χ4n) is 19.2. The van der Waals surface area contributed by atoms with Gasteiger partial charge in [-0.05, 0) is 254 Å². The van der Waals surface area contributed by atoms with Crippen LogP contribution in [0.3, 0.4) is 0 Å². The molecule has 0 saturated carbocycles. The van der Waals surface area contributed by atoms with Crippen molar-refractivity contribution in [1.82, 2.24) is 64.4 Å². The molecule has 16 aromatic rings. The Morgan fingerprint density at radius 2 is 0.659 bits per heavy atom. The number of ketones is 1. The van der Waals surface area contributed by atoms with Gasteiger partial charge in [-0.25, -0.2) is 4.39 Å². The first kappa shape index (κ1) is 89.4. The molecule has 2 atom stereocenters. The Balaban J connectivity index is 0.000000118. The molecule has 14 heterocycles. The highest BCUT2D eigenvalue weighted by Gasteiger charge is 2.27. The number of carbonyl (C=O) groups excluding carboxylic acids is 5. The van der Waals surface area contributed by atoms with Crippen LogP contribution in [-0.2, 0) is 63.1 Å². The molecule has 4 saturated heterocycles. The third-order valence-electron chi connectivity index (χ3n) is 25.7. The third-order valence-corrected chi connectivity index (χ3v) is 26.2. The van der Waals surface area contributed by atoms with Crippen molar-refractivity contribution in [2.75, 3.05) is 52.4 Å². The van der Waals surface area contributed by atoms with Gasteiger partial charge in [0.1, 0.15) is 45.7 Å². The van der Waals surface area contributed by atoms with Crippen molar-refractivity contribution in [3.05, 3.63) is 298 Å². The summed E-state index contributed by atoms with van der Waals surface area (Å²) in [5.74, 6) is 1.53. The van der Waals surface area contributed by atoms with Gasteiger partial charge in [0.2, 0.25) is 23.6 Å². The molecule has 20 rings (SSSR count). The van der Waals surface area contributed by atoms with Crippen molar-refractivity contribution in [3.63, 3.8) is 0 Å². The van der Waals surface area contributed by atoms with Crippen LogP contribution < -0.4 is 27.8 Å². The van der Waals surface area contributed by atoms with E-state index in [1.807, 2.05) is 244 Å². The first-order valence-electron chi connectivity index (χ1n) is 45.7. The molecule has 4 amide bonds. The molecular formula is C103H112BrFN14O10. The Bertz CT molecular complexity index is 6990. The lowest BCUT2D eigenvalue weighted by molar-refractivity contribution is -0.134. The second-order valence-electron chi connectivity index (χ2n) is 35.1. The van der Waals surface area contributed by atoms with E-state index in [0.29, 0.717) is 122 Å². The zero-order valence-corrected chi connectivity index (χ0v) is 75.5. The van der Waals surface area contributed by atoms with Crippen LogP contribution in [0.15, 0.2) is 247 Å². The van der Waals surface area contributed by atoms with E-state index in [2.05, 4.69) is 29.8 Å². The summed E-state index contributed by atoms with van der Waals surface area (Å²) in [7, 11) is 0. The van der Waals surface area contributed by atoms with Crippen LogP contribution in [0.25, 0.3) is 82.8 Å². The molecule has 26 heteroatoms. The number of rotatable bonds is 19. The van der Waals surface area contributed by atoms with E-state index >= 15 is 0 Å². The Morgan fingerprint density at radius 3 is 1.09 bits per heavy atom. The first-order chi connectivity index (χ1) is 62.6. The van der Waals surface area contributed by atoms with Crippen molar-refractivity contribution in [2.45, 2.75) is 176 Å². The minimum atomic E-state index is -0.374. The molecule has 4 aliphatic rings. The smallest absolute Gasteiger partial charge is 0.275 e. The highest BCUT2D eigenvalue weighted by atomic mass is 79.9. The number of Topliss-reactive ketones (excluding diaryl/α,β-unsaturated/α-hetero) is 1. The number of amides is 4. The van der Waals surface area contributed by atoms with Gasteiger partial charge in [-0.2, -0.15) is 0 Å². The van der Waals surface area contributed by atoms with Gasteiger partial charge < -0.3 is 59.9 Å². The van der Waals surface area contributed by atoms with Crippen LogP contribution >= 0.6 is 15.9 Å². The van der Waals surface area contributed by atoms with E-state index in [4.69, 9.17) is 0 Å². The maximum absolute atomic E-state index is 13.8. The van der Waals surface area contributed by atoms with Crippen molar-refractivity contribution >= 4 is 128 Å². The number of aryl methyl sites for hydroxylation is 6. The van der Waals surface area contributed by atoms with E-state index in [0.717, 1.165) is 156 Å². The summed E-state index contributed by atoms with van der Waals surface area (Å²) in [5, 5.41) is 0. The van der Waals surface area contributed by atoms with Crippen LogP contribution in [-0.4, -0.2) is 146 Å². The number of hydrogen-bond acceptors (Lipinski definition) is 10. The van der Waals surface area contributed by atoms with Crippen LogP contribution in [0.4, 0.5) is 4.39 Å². The summed E-state index contributed by atoms with van der Waals surface area (Å²) in [5.41, 5.74) is 14.8. The number of nitrogens with zero attached hydrogens (tertiary/aromatic N) is 14. The van der Waals surface area contributed by atoms with Crippen molar-refractivity contribution in [3.8, 4) is 0 Å². The lowest BCUT2D eigenvalue weighted by Gasteiger charge is -2.35. The average Bonchev–Trinajstić information content (AvgIpc) is 1.67. The second kappa shape index (κ2) is 40.6. The molecule has 6 aromatic carbocycles. The predicted octanol–water partition coefficient (Wildman–Crippen LogP) is 16.9. The summed E-state index contributed by atoms with van der Waals surface area (Å²) in [4.78, 5) is 135. The van der Waals surface area contributed by atoms with Gasteiger partial charge in [0.05, 0.1) is 55.2 Å². The van der Waals surface area contributed by atoms with Gasteiger partial charge in [0, 0.05) is 146 Å². The summed E-state index contributed by atoms with van der Waals surface area (Å²) in [6.07, 6.45) is 24.7. The number of halogens is 2. The molecule has 10 aromatic heterocycles. The molecule has 0 spiro atoms. The van der Waals surface area contributed by atoms with E-state index in [9.17, 15) is 52.3 Å². The average molecular weight is 1810 g/mol. The quantitative estimate of drug-likeness (QED) is 0.0743. The molecule has 2 unspecified atom stereocenters. The van der Waals surface area contributed by atoms with Crippen molar-refractivity contribution in [2.24, 2.45) is 11.8 Å². The van der Waals surface area contributed by atoms with Gasteiger partial charge in [0.25, 0.3) is 27.8 Å². The number of para-hydroxylation sites is 4. The minimum absolute atomic E-state index is 0.00589. The zero-order valence-electron chi connectivity index (χ0n) is 74.0. The number of benzene rings is 6. The number of hydrogen-bond donors (Lipinski definition) is 0. The minimum Gasteiger partial charge on any atom is -0.343 e. The SMILES string of the molecule is CC1CC(C)CN(C(=O)CCCn2c(=O)c3cccn3c3ccccc32)C1.Cc1ccc(CC(=O)CCn2c(=O)c3cccn3c3ccccc32)cc1.Cc1ccc2c(c1)n(CC(=O)N1CCCCC1)c(=O)c1cccn12.O=C(CCCn1c(=O)c2cccn2c2ccc(Br)cc21)N1CCCCC1.O=C(CCCn1c(=O)c2cccn2c2ccc(F)cc21)N1CCCCC1. The molecule has 0 bridgehead atoms. The number of carbonyl (C=O) groups is 5. The van der Waals surface area contributed by atoms with E-state index in [1.165, 1.54) is 43.4 Å². The Hall–Kier alpha value is -13.0. The Morgan fingerprint density at radius 1 is 0.326 bits per heavy atom. The highest BCUT2D eigenvalue weighted by Crippen LogP contribution is 2.28. The van der Waals surface area contributed by atoms with Gasteiger partial charge in [-0.1, -0.05) is 89.9 Å². The monoisotopic (exact) mass is 1800 g/mol. The number of piperidine rings is 4. The zero-order chi connectivity index (χ0) is 89.9. The topological polar surface area (TPSA) is 230 Å². The molecular weight excluding hydrogens is 1690 g/mol. The lowest BCUT2D eigenvalue weighted by atomic mass is 9.91. The van der Waals surface area contributed by atoms with Crippen LogP contribution in [0.5, 0.6) is 0 Å². The van der Waals surface area contributed by atoms with Gasteiger partial charge >= 0.3 is 0 Å². The van der Waals surface area contributed by atoms with Gasteiger partial charge in [0.15, 0.2) is 0 Å². The summed E-state index contributed by atoms with van der Waals surface area (Å²) in [6, 6.07) is 58.7. The summed E-state index contributed by atoms with van der Waals surface area (Å²) in [6.45, 7) is 17.2. The van der Waals surface area contributed by atoms with Crippen LogP contribution in [0.2, 0.25) is 0 Å².